The van der Waals surface area contributed by atoms with Gasteiger partial charge in [-0.25, -0.2) is 0 Å². The zero-order chi connectivity index (χ0) is 32.8. The van der Waals surface area contributed by atoms with E-state index < -0.39 is 31.1 Å². The molecule has 0 atom stereocenters. The van der Waals surface area contributed by atoms with Gasteiger partial charge in [-0.05, 0) is 93.3 Å². The van der Waals surface area contributed by atoms with E-state index >= 15 is 0 Å². The second-order valence-electron chi connectivity index (χ2n) is 12.3. The lowest BCUT2D eigenvalue weighted by Gasteiger charge is -2.25. The monoisotopic (exact) mass is 643 g/mol. The van der Waals surface area contributed by atoms with Gasteiger partial charge in [-0.2, -0.15) is 21.4 Å². The minimum atomic E-state index is -4.40. The van der Waals surface area contributed by atoms with Crippen LogP contribution in [-0.4, -0.2) is 48.5 Å². The molecule has 2 heterocycles. The van der Waals surface area contributed by atoms with Crippen molar-refractivity contribution in [2.45, 2.75) is 56.8 Å². The maximum Gasteiger partial charge on any atom is 0.294 e. The highest BCUT2D eigenvalue weighted by Gasteiger charge is 2.44. The van der Waals surface area contributed by atoms with Crippen molar-refractivity contribution in [1.29, 1.82) is 0 Å². The Labute approximate surface area is 264 Å². The highest BCUT2D eigenvalue weighted by molar-refractivity contribution is 7.86. The number of hydrogen-bond acceptors (Lipinski definition) is 5. The molecule has 0 amide bonds. The van der Waals surface area contributed by atoms with Crippen LogP contribution in [0.3, 0.4) is 0 Å². The van der Waals surface area contributed by atoms with Crippen molar-refractivity contribution in [1.82, 2.24) is 0 Å². The molecule has 2 N–H and O–H groups in total. The maximum atomic E-state index is 12.0. The molecule has 3 aromatic rings. The molecule has 10 heteroatoms. The molecule has 5 rings (SSSR count). The number of hydrogen-bond donors (Lipinski definition) is 2. The Morgan fingerprint density at radius 2 is 1.60 bits per heavy atom. The highest BCUT2D eigenvalue weighted by Crippen LogP contribution is 2.51. The van der Waals surface area contributed by atoms with Gasteiger partial charge in [0.2, 0.25) is 11.4 Å². The van der Waals surface area contributed by atoms with Crippen LogP contribution < -0.4 is 4.90 Å². The van der Waals surface area contributed by atoms with Crippen molar-refractivity contribution < 1.29 is 30.5 Å². The van der Waals surface area contributed by atoms with Gasteiger partial charge in [0.05, 0.1) is 33.5 Å². The molecule has 0 saturated heterocycles. The summed E-state index contributed by atoms with van der Waals surface area (Å²) in [5.41, 5.74) is 18.2. The van der Waals surface area contributed by atoms with Crippen molar-refractivity contribution in [2.24, 2.45) is 0 Å². The first kappa shape index (κ1) is 32.2. The van der Waals surface area contributed by atoms with Gasteiger partial charge in [0.1, 0.15) is 6.54 Å². The third-order valence-electron chi connectivity index (χ3n) is 8.36. The van der Waals surface area contributed by atoms with Crippen LogP contribution in [-0.2, 0) is 31.1 Å². The van der Waals surface area contributed by atoms with E-state index in [0.717, 1.165) is 33.9 Å². The molecule has 0 radical (unpaired) electrons. The van der Waals surface area contributed by atoms with Gasteiger partial charge in [-0.15, -0.1) is 0 Å². The van der Waals surface area contributed by atoms with Crippen molar-refractivity contribution in [3.8, 4) is 0 Å². The van der Waals surface area contributed by atoms with Gasteiger partial charge in [-0.3, -0.25) is 9.11 Å². The fourth-order valence-corrected chi connectivity index (χ4v) is 7.12. The van der Waals surface area contributed by atoms with E-state index in [1.165, 1.54) is 12.1 Å². The summed E-state index contributed by atoms with van der Waals surface area (Å²) in [5.74, 6) is -0.337. The number of para-hydroxylation sites is 1. The minimum absolute atomic E-state index is 0.180. The van der Waals surface area contributed by atoms with Crippen LogP contribution in [0.4, 0.5) is 17.1 Å². The molecule has 0 saturated carbocycles. The summed E-state index contributed by atoms with van der Waals surface area (Å²) in [7, 11) is -8.48. The van der Waals surface area contributed by atoms with Crippen LogP contribution in [0, 0.1) is 6.92 Å². The van der Waals surface area contributed by atoms with Crippen molar-refractivity contribution in [2.75, 3.05) is 17.2 Å². The van der Waals surface area contributed by atoms with Gasteiger partial charge in [0.15, 0.2) is 0 Å². The Balaban J connectivity index is 1.66. The average molecular weight is 644 g/mol. The second kappa shape index (κ2) is 11.6. The zero-order valence-corrected chi connectivity index (χ0v) is 27.4. The van der Waals surface area contributed by atoms with Gasteiger partial charge in [0, 0.05) is 29.2 Å². The first-order valence-electron chi connectivity index (χ1n) is 14.4. The normalized spacial score (nSPS) is 16.3. The highest BCUT2D eigenvalue weighted by atomic mass is 32.2. The van der Waals surface area contributed by atoms with Gasteiger partial charge >= 0.3 is 0 Å². The molecule has 0 unspecified atom stereocenters. The molecule has 0 bridgehead atoms. The van der Waals surface area contributed by atoms with Crippen LogP contribution in [0.25, 0.3) is 0 Å². The summed E-state index contributed by atoms with van der Waals surface area (Å²) >= 11 is 0. The molecule has 232 valence electrons. The summed E-state index contributed by atoms with van der Waals surface area (Å²) < 4.78 is 67.7. The van der Waals surface area contributed by atoms with Crippen LogP contribution >= 0.6 is 0 Å². The summed E-state index contributed by atoms with van der Waals surface area (Å²) in [6, 6.07) is 20.4. The van der Waals surface area contributed by atoms with Crippen LogP contribution in [0.5, 0.6) is 0 Å². The Bertz CT molecular complexity index is 2150. The summed E-state index contributed by atoms with van der Waals surface area (Å²) in [6.07, 6.45) is 2.05. The van der Waals surface area contributed by atoms with E-state index in [0.29, 0.717) is 17.8 Å². The lowest BCUT2D eigenvalue weighted by atomic mass is 9.81. The average Bonchev–Trinajstić information content (AvgIpc) is 3.30. The van der Waals surface area contributed by atoms with Crippen molar-refractivity contribution in [3.63, 3.8) is 0 Å². The molecular formula is C35H35N2O6S2+. The third kappa shape index (κ3) is 6.33. The van der Waals surface area contributed by atoms with E-state index in [1.54, 1.807) is 12.1 Å². The van der Waals surface area contributed by atoms with E-state index in [4.69, 9.17) is 0 Å². The number of rotatable bonds is 7. The first-order chi connectivity index (χ1) is 21.0. The van der Waals surface area contributed by atoms with E-state index in [1.807, 2.05) is 78.8 Å². The summed E-state index contributed by atoms with van der Waals surface area (Å²) in [6.45, 7) is 10.5. The zero-order valence-electron chi connectivity index (χ0n) is 25.8. The molecule has 0 aromatic heterocycles. The molecule has 0 spiro atoms. The number of allylic oxidation sites excluding steroid dienone is 2. The minimum Gasteiger partial charge on any atom is -0.306 e. The Kier molecular flexibility index (Phi) is 8.32. The maximum absolute atomic E-state index is 12.0. The van der Waals surface area contributed by atoms with Gasteiger partial charge in [0.25, 0.3) is 20.2 Å². The fraction of sp³-hybridized carbons (Fsp3) is 0.286. The Morgan fingerprint density at radius 1 is 0.867 bits per heavy atom. The molecule has 0 fully saturated rings. The Hall–Kier alpha value is -4.19. The number of anilines is 2. The number of fused-ring (bicyclic) bond motifs is 2. The molecule has 2 aliphatic heterocycles. The largest absolute Gasteiger partial charge is 0.306 e. The van der Waals surface area contributed by atoms with E-state index in [-0.39, 0.29) is 17.1 Å². The standard InChI is InChI=1S/C35H34N2O6S2/c1-25-13-11-14-26(23-25)37-31-20-19-27(45(41,42)43)24-29(31)35(4,5)33(37)18-8-6-7-17-32-34(2,3)28-15-9-10-16-30(28)36(32)21-12-22-44(38,39)40/h9-11,13-17,19-20,23-24H,12,21-22H2,1-5H3,(H-,38,39,40,41,42,43)/p+1. The van der Waals surface area contributed by atoms with Crippen molar-refractivity contribution >= 4 is 43.0 Å². The molecule has 0 aliphatic carbocycles. The predicted octanol–water partition coefficient (Wildman–Crippen LogP) is 6.53. The topological polar surface area (TPSA) is 115 Å². The summed E-state index contributed by atoms with van der Waals surface area (Å²) in [5, 5.41) is 0. The smallest absolute Gasteiger partial charge is 0.294 e. The third-order valence-corrected chi connectivity index (χ3v) is 10.0. The van der Waals surface area contributed by atoms with E-state index in [2.05, 4.69) is 36.8 Å². The molecular weight excluding hydrogens is 609 g/mol. The molecule has 8 nitrogen and oxygen atoms in total. The second-order valence-corrected chi connectivity index (χ2v) is 15.3. The number of nitrogens with zero attached hydrogens (tertiary/aromatic N) is 2. The van der Waals surface area contributed by atoms with E-state index in [9.17, 15) is 25.9 Å². The Morgan fingerprint density at radius 3 is 2.29 bits per heavy atom. The SMILES string of the molecule is Cc1cccc(N2C(=C=C=C=C=CC3=[N+](CCCS(=O)(=O)O)c4ccccc4C3(C)C)C(C)(C)c3cc(S(=O)(=O)O)ccc32)c1. The predicted molar refractivity (Wildman–Crippen MR) is 175 cm³/mol. The lowest BCUT2D eigenvalue weighted by Crippen LogP contribution is -2.28. The van der Waals surface area contributed by atoms with Crippen LogP contribution in [0.1, 0.15) is 50.8 Å². The van der Waals surface area contributed by atoms with Gasteiger partial charge < -0.3 is 4.90 Å². The number of benzene rings is 3. The van der Waals surface area contributed by atoms with Crippen LogP contribution in [0.15, 0.2) is 106 Å². The summed E-state index contributed by atoms with van der Waals surface area (Å²) in [4.78, 5) is 1.82. The molecule has 45 heavy (non-hydrogen) atoms. The quantitative estimate of drug-likeness (QED) is 0.171. The lowest BCUT2D eigenvalue weighted by molar-refractivity contribution is -0.437. The fourth-order valence-electron chi connectivity index (χ4n) is 6.12. The molecule has 3 aromatic carbocycles. The van der Waals surface area contributed by atoms with Crippen LogP contribution in [0.2, 0.25) is 0 Å². The van der Waals surface area contributed by atoms with Crippen molar-refractivity contribution in [3.05, 3.63) is 118 Å². The molecule has 2 aliphatic rings. The first-order valence-corrected chi connectivity index (χ1v) is 17.5. The van der Waals surface area contributed by atoms with Gasteiger partial charge in [-0.1, -0.05) is 36.1 Å². The number of aryl methyl sites for hydroxylation is 1.